The highest BCUT2D eigenvalue weighted by atomic mass is 16.5. The van der Waals surface area contributed by atoms with Gasteiger partial charge in [-0.05, 0) is 63.5 Å². The van der Waals surface area contributed by atoms with Gasteiger partial charge in [0.25, 0.3) is 0 Å². The Morgan fingerprint density at radius 2 is 2.22 bits per heavy atom. The van der Waals surface area contributed by atoms with Crippen molar-refractivity contribution in [2.45, 2.75) is 38.6 Å². The standard InChI is InChI=1S/C15H24N2O/c1-12-11-14(6-7-15(12)16)18-10-8-13-5-3-4-9-17(13)2/h6-7,11,13H,3-5,8-10,16H2,1-2H3. The lowest BCUT2D eigenvalue weighted by atomic mass is 10.0. The van der Waals surface area contributed by atoms with E-state index in [4.69, 9.17) is 10.5 Å². The van der Waals surface area contributed by atoms with Crippen LogP contribution in [0.2, 0.25) is 0 Å². The highest BCUT2D eigenvalue weighted by Gasteiger charge is 2.18. The molecule has 0 amide bonds. The summed E-state index contributed by atoms with van der Waals surface area (Å²) in [5.74, 6) is 0.931. The van der Waals surface area contributed by atoms with Crippen LogP contribution in [0.3, 0.4) is 0 Å². The zero-order valence-electron chi connectivity index (χ0n) is 11.5. The summed E-state index contributed by atoms with van der Waals surface area (Å²) in [6.45, 7) is 4.03. The lowest BCUT2D eigenvalue weighted by molar-refractivity contribution is 0.153. The summed E-state index contributed by atoms with van der Waals surface area (Å²) in [7, 11) is 2.22. The number of rotatable bonds is 4. The van der Waals surface area contributed by atoms with E-state index in [2.05, 4.69) is 11.9 Å². The van der Waals surface area contributed by atoms with Crippen LogP contribution in [0.5, 0.6) is 5.75 Å². The third-order valence-electron chi connectivity index (χ3n) is 3.88. The van der Waals surface area contributed by atoms with E-state index in [1.54, 1.807) is 0 Å². The molecule has 3 nitrogen and oxygen atoms in total. The minimum atomic E-state index is 0.689. The van der Waals surface area contributed by atoms with Crippen molar-refractivity contribution in [2.24, 2.45) is 0 Å². The maximum absolute atomic E-state index is 5.81. The number of likely N-dealkylation sites (tertiary alicyclic amines) is 1. The smallest absolute Gasteiger partial charge is 0.119 e. The minimum absolute atomic E-state index is 0.689. The van der Waals surface area contributed by atoms with Gasteiger partial charge < -0.3 is 15.4 Å². The molecule has 3 heteroatoms. The molecule has 0 aliphatic carbocycles. The van der Waals surface area contributed by atoms with Crippen LogP contribution in [0, 0.1) is 6.92 Å². The number of benzene rings is 1. The number of ether oxygens (including phenoxy) is 1. The number of hydrogen-bond donors (Lipinski definition) is 1. The van der Waals surface area contributed by atoms with Crippen molar-refractivity contribution in [2.75, 3.05) is 25.9 Å². The first-order valence-corrected chi connectivity index (χ1v) is 6.86. The van der Waals surface area contributed by atoms with Crippen molar-refractivity contribution in [3.63, 3.8) is 0 Å². The number of anilines is 1. The van der Waals surface area contributed by atoms with Gasteiger partial charge in [-0.1, -0.05) is 6.42 Å². The summed E-state index contributed by atoms with van der Waals surface area (Å²) in [4.78, 5) is 2.46. The summed E-state index contributed by atoms with van der Waals surface area (Å²) < 4.78 is 5.81. The zero-order chi connectivity index (χ0) is 13.0. The Morgan fingerprint density at radius 3 is 2.94 bits per heavy atom. The van der Waals surface area contributed by atoms with Crippen molar-refractivity contribution < 1.29 is 4.74 Å². The molecule has 1 fully saturated rings. The van der Waals surface area contributed by atoms with Gasteiger partial charge in [-0.3, -0.25) is 0 Å². The Balaban J connectivity index is 1.79. The summed E-state index contributed by atoms with van der Waals surface area (Å²) in [5.41, 5.74) is 7.70. The first-order chi connectivity index (χ1) is 8.66. The Kier molecular flexibility index (Phi) is 4.48. The number of aryl methyl sites for hydroxylation is 1. The molecule has 2 rings (SSSR count). The predicted octanol–water partition coefficient (Wildman–Crippen LogP) is 2.83. The van der Waals surface area contributed by atoms with Gasteiger partial charge in [0.2, 0.25) is 0 Å². The van der Waals surface area contributed by atoms with E-state index >= 15 is 0 Å². The van der Waals surface area contributed by atoms with E-state index in [0.29, 0.717) is 6.04 Å². The van der Waals surface area contributed by atoms with Gasteiger partial charge in [0.05, 0.1) is 6.61 Å². The normalized spacial score (nSPS) is 20.9. The molecule has 2 N–H and O–H groups in total. The van der Waals surface area contributed by atoms with Crippen LogP contribution in [0.1, 0.15) is 31.2 Å². The molecule has 1 unspecified atom stereocenters. The van der Waals surface area contributed by atoms with E-state index in [1.165, 1.54) is 25.8 Å². The number of nitrogens with zero attached hydrogens (tertiary/aromatic N) is 1. The molecule has 1 saturated heterocycles. The Hall–Kier alpha value is -1.22. The van der Waals surface area contributed by atoms with Crippen LogP contribution in [0.4, 0.5) is 5.69 Å². The fourth-order valence-corrected chi connectivity index (χ4v) is 2.56. The molecular formula is C15H24N2O. The largest absolute Gasteiger partial charge is 0.494 e. The second-order valence-corrected chi connectivity index (χ2v) is 5.29. The monoisotopic (exact) mass is 248 g/mol. The fourth-order valence-electron chi connectivity index (χ4n) is 2.56. The topological polar surface area (TPSA) is 38.5 Å². The van der Waals surface area contributed by atoms with Crippen LogP contribution >= 0.6 is 0 Å². The van der Waals surface area contributed by atoms with Crippen molar-refractivity contribution in [3.05, 3.63) is 23.8 Å². The molecule has 1 atom stereocenters. The first kappa shape index (κ1) is 13.2. The van der Waals surface area contributed by atoms with Gasteiger partial charge in [-0.15, -0.1) is 0 Å². The molecule has 0 aromatic heterocycles. The molecular weight excluding hydrogens is 224 g/mol. The van der Waals surface area contributed by atoms with Crippen LogP contribution in [-0.4, -0.2) is 31.1 Å². The highest BCUT2D eigenvalue weighted by molar-refractivity contribution is 5.49. The molecule has 1 aliphatic rings. The lowest BCUT2D eigenvalue weighted by Gasteiger charge is -2.32. The van der Waals surface area contributed by atoms with Gasteiger partial charge in [0, 0.05) is 11.7 Å². The first-order valence-electron chi connectivity index (χ1n) is 6.86. The summed E-state index contributed by atoms with van der Waals surface area (Å²) in [5, 5.41) is 0. The van der Waals surface area contributed by atoms with E-state index in [1.807, 2.05) is 25.1 Å². The van der Waals surface area contributed by atoms with Crippen molar-refractivity contribution in [1.29, 1.82) is 0 Å². The second-order valence-electron chi connectivity index (χ2n) is 5.29. The molecule has 1 aliphatic heterocycles. The average Bonchev–Trinajstić information content (AvgIpc) is 2.36. The highest BCUT2D eigenvalue weighted by Crippen LogP contribution is 2.21. The molecule has 0 spiro atoms. The molecule has 0 bridgehead atoms. The third kappa shape index (κ3) is 3.39. The summed E-state index contributed by atoms with van der Waals surface area (Å²) in [6, 6.07) is 6.57. The molecule has 0 radical (unpaired) electrons. The number of hydrogen-bond acceptors (Lipinski definition) is 3. The summed E-state index contributed by atoms with van der Waals surface area (Å²) >= 11 is 0. The van der Waals surface area contributed by atoms with Crippen LogP contribution in [0.15, 0.2) is 18.2 Å². The fraction of sp³-hybridized carbons (Fsp3) is 0.600. The molecule has 1 aromatic rings. The van der Waals surface area contributed by atoms with Crippen molar-refractivity contribution >= 4 is 5.69 Å². The van der Waals surface area contributed by atoms with Gasteiger partial charge in [-0.25, -0.2) is 0 Å². The molecule has 1 heterocycles. The quantitative estimate of drug-likeness (QED) is 0.833. The van der Waals surface area contributed by atoms with Crippen LogP contribution in [0.25, 0.3) is 0 Å². The minimum Gasteiger partial charge on any atom is -0.494 e. The number of piperidine rings is 1. The van der Waals surface area contributed by atoms with Gasteiger partial charge >= 0.3 is 0 Å². The lowest BCUT2D eigenvalue weighted by Crippen LogP contribution is -2.37. The Morgan fingerprint density at radius 1 is 1.39 bits per heavy atom. The van der Waals surface area contributed by atoms with Gasteiger partial charge in [0.1, 0.15) is 5.75 Å². The maximum atomic E-state index is 5.81. The number of nitrogens with two attached hydrogens (primary N) is 1. The molecule has 100 valence electrons. The SMILES string of the molecule is Cc1cc(OCCC2CCCCN2C)ccc1N. The second kappa shape index (κ2) is 6.10. The molecule has 18 heavy (non-hydrogen) atoms. The average molecular weight is 248 g/mol. The van der Waals surface area contributed by atoms with Crippen LogP contribution in [-0.2, 0) is 0 Å². The van der Waals surface area contributed by atoms with E-state index < -0.39 is 0 Å². The Bertz CT molecular complexity index is 392. The van der Waals surface area contributed by atoms with Crippen molar-refractivity contribution in [1.82, 2.24) is 4.90 Å². The van der Waals surface area contributed by atoms with Gasteiger partial charge in [0.15, 0.2) is 0 Å². The number of nitrogen functional groups attached to an aromatic ring is 1. The predicted molar refractivity (Wildman–Crippen MR) is 76.0 cm³/mol. The van der Waals surface area contributed by atoms with E-state index in [0.717, 1.165) is 30.0 Å². The van der Waals surface area contributed by atoms with E-state index in [9.17, 15) is 0 Å². The molecule has 0 saturated carbocycles. The maximum Gasteiger partial charge on any atom is 0.119 e. The van der Waals surface area contributed by atoms with E-state index in [-0.39, 0.29) is 0 Å². The van der Waals surface area contributed by atoms with Gasteiger partial charge in [-0.2, -0.15) is 0 Å². The zero-order valence-corrected chi connectivity index (χ0v) is 11.5. The Labute approximate surface area is 110 Å². The summed E-state index contributed by atoms with van der Waals surface area (Å²) in [6.07, 6.45) is 5.11. The third-order valence-corrected chi connectivity index (χ3v) is 3.88. The molecule has 1 aromatic carbocycles. The van der Waals surface area contributed by atoms with Crippen molar-refractivity contribution in [3.8, 4) is 5.75 Å². The van der Waals surface area contributed by atoms with Crippen LogP contribution < -0.4 is 10.5 Å².